The van der Waals surface area contributed by atoms with Crippen molar-refractivity contribution in [3.05, 3.63) is 99.6 Å². The van der Waals surface area contributed by atoms with E-state index in [0.717, 1.165) is 11.1 Å². The third kappa shape index (κ3) is 5.79. The number of nitrogens with one attached hydrogen (secondary N) is 2. The van der Waals surface area contributed by atoms with Crippen LogP contribution in [0.25, 0.3) is 6.08 Å². The number of sulfonamides is 1. The molecule has 0 saturated heterocycles. The van der Waals surface area contributed by atoms with Crippen LogP contribution >= 0.6 is 0 Å². The highest BCUT2D eigenvalue weighted by molar-refractivity contribution is 7.92. The fraction of sp³-hybridized carbons (Fsp3) is 0.0870. The minimum Gasteiger partial charge on any atom is -0.323 e. The molecule has 0 unspecified atom stereocenters. The molecule has 3 aromatic rings. The van der Waals surface area contributed by atoms with E-state index in [1.165, 1.54) is 54.6 Å². The van der Waals surface area contributed by atoms with Crippen LogP contribution in [0.3, 0.4) is 0 Å². The number of nitro benzene ring substituents is 1. The maximum atomic E-state index is 12.6. The Kier molecular flexibility index (Phi) is 6.70. The van der Waals surface area contributed by atoms with E-state index < -0.39 is 20.9 Å². The molecule has 0 aromatic heterocycles. The summed E-state index contributed by atoms with van der Waals surface area (Å²) in [5.41, 5.74) is 3.19. The third-order valence-electron chi connectivity index (χ3n) is 4.57. The first-order valence-electron chi connectivity index (χ1n) is 9.58. The molecule has 9 heteroatoms. The number of nitro groups is 1. The first-order chi connectivity index (χ1) is 15.1. The summed E-state index contributed by atoms with van der Waals surface area (Å²) in [7, 11) is -3.78. The predicted octanol–water partition coefficient (Wildman–Crippen LogP) is 4.66. The molecule has 0 aliphatic heterocycles. The van der Waals surface area contributed by atoms with Crippen LogP contribution in [0.2, 0.25) is 0 Å². The topological polar surface area (TPSA) is 118 Å². The molecule has 0 saturated carbocycles. The molecular weight excluding hydrogens is 430 g/mol. The van der Waals surface area contributed by atoms with Crippen LogP contribution in [-0.4, -0.2) is 19.2 Å². The first kappa shape index (κ1) is 22.7. The SMILES string of the molecule is Cc1ccc(NS(=O)(=O)c2ccc(NC(=O)/C=C/c3cccc([N+](=O)[O-])c3)cc2)c(C)c1. The molecule has 0 aliphatic carbocycles. The Morgan fingerprint density at radius 1 is 1.00 bits per heavy atom. The quantitative estimate of drug-likeness (QED) is 0.308. The molecule has 1 amide bonds. The van der Waals surface area contributed by atoms with Gasteiger partial charge < -0.3 is 5.32 Å². The lowest BCUT2D eigenvalue weighted by Gasteiger charge is -2.11. The molecule has 0 aliphatic rings. The van der Waals surface area contributed by atoms with Crippen molar-refractivity contribution >= 4 is 39.1 Å². The first-order valence-corrected chi connectivity index (χ1v) is 11.1. The van der Waals surface area contributed by atoms with Crippen molar-refractivity contribution in [2.24, 2.45) is 0 Å². The van der Waals surface area contributed by atoms with Gasteiger partial charge in [0.25, 0.3) is 15.7 Å². The highest BCUT2D eigenvalue weighted by atomic mass is 32.2. The molecular formula is C23H21N3O5S. The standard InChI is InChI=1S/C23H21N3O5S/c1-16-6-12-22(17(2)14-16)25-32(30,31)21-10-8-19(9-11-21)24-23(27)13-7-18-4-3-5-20(15-18)26(28)29/h3-15,25H,1-2H3,(H,24,27)/b13-7+. The second-order valence-corrected chi connectivity index (χ2v) is 8.81. The molecule has 164 valence electrons. The summed E-state index contributed by atoms with van der Waals surface area (Å²) in [6.07, 6.45) is 2.69. The highest BCUT2D eigenvalue weighted by Gasteiger charge is 2.15. The number of non-ortho nitro benzene ring substituents is 1. The summed E-state index contributed by atoms with van der Waals surface area (Å²) < 4.78 is 27.9. The molecule has 8 nitrogen and oxygen atoms in total. The molecule has 0 atom stereocenters. The number of carbonyl (C=O) groups excluding carboxylic acids is 1. The van der Waals surface area contributed by atoms with Gasteiger partial charge in [0.2, 0.25) is 5.91 Å². The summed E-state index contributed by atoms with van der Waals surface area (Å²) in [5, 5.41) is 13.4. The lowest BCUT2D eigenvalue weighted by molar-refractivity contribution is -0.384. The van der Waals surface area contributed by atoms with E-state index in [-0.39, 0.29) is 10.6 Å². The molecule has 0 heterocycles. The Bertz CT molecular complexity index is 1300. The van der Waals surface area contributed by atoms with E-state index in [2.05, 4.69) is 10.0 Å². The normalized spacial score (nSPS) is 11.3. The number of anilines is 2. The Balaban J connectivity index is 1.66. The van der Waals surface area contributed by atoms with Gasteiger partial charge >= 0.3 is 0 Å². The molecule has 0 radical (unpaired) electrons. The Labute approximate surface area is 185 Å². The van der Waals surface area contributed by atoms with Crippen LogP contribution < -0.4 is 10.0 Å². The second kappa shape index (κ2) is 9.44. The minimum absolute atomic E-state index is 0.0580. The molecule has 0 bridgehead atoms. The average Bonchev–Trinajstić information content (AvgIpc) is 2.75. The van der Waals surface area contributed by atoms with Crippen molar-refractivity contribution in [3.63, 3.8) is 0 Å². The minimum atomic E-state index is -3.78. The van der Waals surface area contributed by atoms with Gasteiger partial charge in [-0.05, 0) is 61.4 Å². The zero-order valence-corrected chi connectivity index (χ0v) is 18.2. The van der Waals surface area contributed by atoms with Gasteiger partial charge in [0.1, 0.15) is 0 Å². The van der Waals surface area contributed by atoms with E-state index >= 15 is 0 Å². The van der Waals surface area contributed by atoms with Gasteiger partial charge in [-0.25, -0.2) is 8.42 Å². The lowest BCUT2D eigenvalue weighted by Crippen LogP contribution is -2.14. The zero-order valence-electron chi connectivity index (χ0n) is 17.4. The Morgan fingerprint density at radius 3 is 2.38 bits per heavy atom. The van der Waals surface area contributed by atoms with Gasteiger partial charge in [0, 0.05) is 23.9 Å². The van der Waals surface area contributed by atoms with E-state index in [4.69, 9.17) is 0 Å². The summed E-state index contributed by atoms with van der Waals surface area (Å²) in [4.78, 5) is 22.5. The number of aryl methyl sites for hydroxylation is 2. The summed E-state index contributed by atoms with van der Waals surface area (Å²) in [6.45, 7) is 3.75. The zero-order chi connectivity index (χ0) is 23.3. The number of rotatable bonds is 7. The summed E-state index contributed by atoms with van der Waals surface area (Å²) in [6, 6.07) is 17.1. The van der Waals surface area contributed by atoms with Crippen molar-refractivity contribution in [2.75, 3.05) is 10.0 Å². The van der Waals surface area contributed by atoms with Crippen molar-refractivity contribution in [1.82, 2.24) is 0 Å². The monoisotopic (exact) mass is 451 g/mol. The Hall–Kier alpha value is -3.98. The maximum absolute atomic E-state index is 12.6. The molecule has 3 aromatic carbocycles. The van der Waals surface area contributed by atoms with Gasteiger partial charge in [-0.1, -0.05) is 29.8 Å². The van der Waals surface area contributed by atoms with E-state index in [9.17, 15) is 23.3 Å². The van der Waals surface area contributed by atoms with E-state index in [1.807, 2.05) is 26.0 Å². The number of hydrogen-bond donors (Lipinski definition) is 2. The molecule has 2 N–H and O–H groups in total. The fourth-order valence-electron chi connectivity index (χ4n) is 2.95. The smallest absolute Gasteiger partial charge is 0.270 e. The third-order valence-corrected chi connectivity index (χ3v) is 5.95. The number of benzene rings is 3. The number of hydrogen-bond acceptors (Lipinski definition) is 5. The van der Waals surface area contributed by atoms with Crippen LogP contribution in [0.4, 0.5) is 17.1 Å². The summed E-state index contributed by atoms with van der Waals surface area (Å²) in [5.74, 6) is -0.458. The predicted molar refractivity (Wildman–Crippen MR) is 124 cm³/mol. The van der Waals surface area contributed by atoms with Crippen molar-refractivity contribution in [1.29, 1.82) is 0 Å². The van der Waals surface area contributed by atoms with Gasteiger partial charge in [0.05, 0.1) is 15.5 Å². The fourth-order valence-corrected chi connectivity index (χ4v) is 4.08. The van der Waals surface area contributed by atoms with Crippen LogP contribution in [0.5, 0.6) is 0 Å². The van der Waals surface area contributed by atoms with Gasteiger partial charge in [-0.3, -0.25) is 19.6 Å². The van der Waals surface area contributed by atoms with Crippen molar-refractivity contribution < 1.29 is 18.1 Å². The van der Waals surface area contributed by atoms with E-state index in [1.54, 1.807) is 12.1 Å². The number of amides is 1. The van der Waals surface area contributed by atoms with Gasteiger partial charge in [0.15, 0.2) is 0 Å². The Morgan fingerprint density at radius 2 is 1.72 bits per heavy atom. The van der Waals surface area contributed by atoms with Crippen LogP contribution in [-0.2, 0) is 14.8 Å². The molecule has 0 spiro atoms. The van der Waals surface area contributed by atoms with Crippen LogP contribution in [0.1, 0.15) is 16.7 Å². The average molecular weight is 452 g/mol. The maximum Gasteiger partial charge on any atom is 0.270 e. The van der Waals surface area contributed by atoms with Crippen molar-refractivity contribution in [3.8, 4) is 0 Å². The van der Waals surface area contributed by atoms with Crippen LogP contribution in [0, 0.1) is 24.0 Å². The summed E-state index contributed by atoms with van der Waals surface area (Å²) >= 11 is 0. The van der Waals surface area contributed by atoms with Gasteiger partial charge in [-0.15, -0.1) is 0 Å². The number of nitrogens with zero attached hydrogens (tertiary/aromatic N) is 1. The lowest BCUT2D eigenvalue weighted by atomic mass is 10.1. The number of carbonyl (C=O) groups is 1. The van der Waals surface area contributed by atoms with Gasteiger partial charge in [-0.2, -0.15) is 0 Å². The highest BCUT2D eigenvalue weighted by Crippen LogP contribution is 2.22. The molecule has 32 heavy (non-hydrogen) atoms. The largest absolute Gasteiger partial charge is 0.323 e. The van der Waals surface area contributed by atoms with Crippen LogP contribution in [0.15, 0.2) is 77.7 Å². The van der Waals surface area contributed by atoms with E-state index in [0.29, 0.717) is 16.9 Å². The van der Waals surface area contributed by atoms with Crippen molar-refractivity contribution in [2.45, 2.75) is 18.7 Å². The molecule has 3 rings (SSSR count). The second-order valence-electron chi connectivity index (χ2n) is 7.12. The molecule has 0 fully saturated rings.